The molecular weight excluding hydrogens is 501 g/mol. The number of halogens is 2. The highest BCUT2D eigenvalue weighted by Gasteiger charge is 2.33. The normalized spacial score (nSPS) is 22.6. The summed E-state index contributed by atoms with van der Waals surface area (Å²) in [5, 5.41) is 6.18. The number of likely N-dealkylation sites (tertiary alicyclic amines) is 1. The number of amides is 3. The van der Waals surface area contributed by atoms with Gasteiger partial charge in [-0.2, -0.15) is 0 Å². The molecule has 2 aliphatic rings. The fourth-order valence-corrected chi connectivity index (χ4v) is 5.21. The van der Waals surface area contributed by atoms with Crippen molar-refractivity contribution in [3.05, 3.63) is 69.9 Å². The minimum absolute atomic E-state index is 0.0686. The molecule has 2 aromatic carbocycles. The smallest absolute Gasteiger partial charge is 0.253 e. The summed E-state index contributed by atoms with van der Waals surface area (Å²) >= 11 is 3.40. The van der Waals surface area contributed by atoms with Gasteiger partial charge in [-0.25, -0.2) is 4.39 Å². The molecular formula is C26H29BrFN3O3. The molecule has 3 atom stereocenters. The van der Waals surface area contributed by atoms with E-state index in [1.54, 1.807) is 17.0 Å². The molecule has 8 heteroatoms. The summed E-state index contributed by atoms with van der Waals surface area (Å²) in [6.07, 6.45) is 5.01. The summed E-state index contributed by atoms with van der Waals surface area (Å²) in [7, 11) is 0. The first-order valence-electron chi connectivity index (χ1n) is 11.8. The second kappa shape index (κ2) is 11.1. The van der Waals surface area contributed by atoms with Crippen LogP contribution in [0.2, 0.25) is 0 Å². The van der Waals surface area contributed by atoms with Crippen molar-refractivity contribution < 1.29 is 18.8 Å². The van der Waals surface area contributed by atoms with Crippen LogP contribution >= 0.6 is 15.9 Å². The van der Waals surface area contributed by atoms with Crippen LogP contribution in [0.3, 0.4) is 0 Å². The van der Waals surface area contributed by atoms with E-state index in [1.807, 2.05) is 12.1 Å². The zero-order chi connectivity index (χ0) is 24.1. The first kappa shape index (κ1) is 24.4. The quantitative estimate of drug-likeness (QED) is 0.606. The van der Waals surface area contributed by atoms with Crippen LogP contribution in [-0.2, 0) is 4.79 Å². The number of piperidine rings is 1. The van der Waals surface area contributed by atoms with Gasteiger partial charge in [0.25, 0.3) is 11.8 Å². The molecule has 0 spiro atoms. The summed E-state index contributed by atoms with van der Waals surface area (Å²) in [5.41, 5.74) is 0.998. The number of carbonyl (C=O) groups excluding carboxylic acids is 3. The molecule has 34 heavy (non-hydrogen) atoms. The molecule has 2 unspecified atom stereocenters. The van der Waals surface area contributed by atoms with E-state index in [9.17, 15) is 18.8 Å². The van der Waals surface area contributed by atoms with Gasteiger partial charge in [0, 0.05) is 40.8 Å². The predicted molar refractivity (Wildman–Crippen MR) is 131 cm³/mol. The Bertz CT molecular complexity index is 1050. The second-order valence-corrected chi connectivity index (χ2v) is 10.0. The molecule has 1 heterocycles. The lowest BCUT2D eigenvalue weighted by Gasteiger charge is -2.36. The van der Waals surface area contributed by atoms with Gasteiger partial charge in [0.05, 0.1) is 5.92 Å². The third kappa shape index (κ3) is 6.03. The second-order valence-electron chi connectivity index (χ2n) is 9.09. The van der Waals surface area contributed by atoms with Crippen LogP contribution in [0.5, 0.6) is 0 Å². The van der Waals surface area contributed by atoms with Gasteiger partial charge in [-0.15, -0.1) is 0 Å². The summed E-state index contributed by atoms with van der Waals surface area (Å²) in [6.45, 7) is 1.02. The first-order valence-corrected chi connectivity index (χ1v) is 12.6. The van der Waals surface area contributed by atoms with Crippen molar-refractivity contribution in [3.63, 3.8) is 0 Å². The molecule has 0 bridgehead atoms. The Labute approximate surface area is 207 Å². The van der Waals surface area contributed by atoms with Crippen LogP contribution < -0.4 is 10.6 Å². The van der Waals surface area contributed by atoms with Crippen LogP contribution in [0.1, 0.15) is 59.2 Å². The Balaban J connectivity index is 1.36. The maximum atomic E-state index is 13.2. The van der Waals surface area contributed by atoms with Crippen LogP contribution in [0.25, 0.3) is 0 Å². The number of nitrogens with one attached hydrogen (secondary N) is 2. The Morgan fingerprint density at radius 1 is 0.882 bits per heavy atom. The van der Waals surface area contributed by atoms with E-state index in [4.69, 9.17) is 0 Å². The highest BCUT2D eigenvalue weighted by molar-refractivity contribution is 9.10. The molecule has 0 radical (unpaired) electrons. The number of hydrogen-bond donors (Lipinski definition) is 2. The topological polar surface area (TPSA) is 78.5 Å². The lowest BCUT2D eigenvalue weighted by molar-refractivity contribution is -0.127. The third-order valence-corrected chi connectivity index (χ3v) is 7.16. The van der Waals surface area contributed by atoms with Crippen molar-refractivity contribution in [1.29, 1.82) is 0 Å². The van der Waals surface area contributed by atoms with Crippen molar-refractivity contribution in [2.24, 2.45) is 5.92 Å². The molecule has 0 aromatic heterocycles. The van der Waals surface area contributed by atoms with E-state index in [0.29, 0.717) is 24.2 Å². The molecule has 2 N–H and O–H groups in total. The van der Waals surface area contributed by atoms with Crippen molar-refractivity contribution in [3.8, 4) is 0 Å². The molecule has 2 fully saturated rings. The van der Waals surface area contributed by atoms with Crippen LogP contribution in [0.4, 0.5) is 4.39 Å². The minimum atomic E-state index is -0.390. The lowest BCUT2D eigenvalue weighted by atomic mass is 9.88. The van der Waals surface area contributed by atoms with Crippen molar-refractivity contribution in [2.45, 2.75) is 50.6 Å². The van der Waals surface area contributed by atoms with Gasteiger partial charge in [-0.05, 0) is 68.1 Å². The van der Waals surface area contributed by atoms with Gasteiger partial charge in [0.15, 0.2) is 0 Å². The standard InChI is InChI=1S/C26H29BrFN3O3/c27-20-7-3-5-18(15-20)26(34)31-14-4-6-19(16-31)25(33)30-23-9-2-1-8-22(23)29-24(32)17-10-12-21(28)13-11-17/h3,5,7,10-13,15,19,22-23H,1-2,4,6,8-9,14,16H2,(H,29,32)(H,30,33)/t19?,22-,23?/m1/s1. The molecule has 6 nitrogen and oxygen atoms in total. The van der Waals surface area contributed by atoms with Crippen molar-refractivity contribution in [2.75, 3.05) is 13.1 Å². The number of benzene rings is 2. The highest BCUT2D eigenvalue weighted by atomic mass is 79.9. The summed E-state index contributed by atoms with van der Waals surface area (Å²) < 4.78 is 14.0. The monoisotopic (exact) mass is 529 g/mol. The van der Waals surface area contributed by atoms with Crippen LogP contribution in [0.15, 0.2) is 53.0 Å². The van der Waals surface area contributed by atoms with Gasteiger partial charge in [-0.1, -0.05) is 34.8 Å². The van der Waals surface area contributed by atoms with Crippen molar-refractivity contribution >= 4 is 33.7 Å². The van der Waals surface area contributed by atoms with E-state index >= 15 is 0 Å². The highest BCUT2D eigenvalue weighted by Crippen LogP contribution is 2.23. The van der Waals surface area contributed by atoms with Crippen molar-refractivity contribution in [1.82, 2.24) is 15.5 Å². The molecule has 1 aliphatic heterocycles. The molecule has 1 aliphatic carbocycles. The molecule has 180 valence electrons. The van der Waals surface area contributed by atoms with Gasteiger partial charge in [0.1, 0.15) is 5.82 Å². The molecule has 4 rings (SSSR count). The Hall–Kier alpha value is -2.74. The van der Waals surface area contributed by atoms with E-state index in [1.165, 1.54) is 24.3 Å². The van der Waals surface area contributed by atoms with Crippen LogP contribution in [-0.4, -0.2) is 47.8 Å². The molecule has 2 aromatic rings. The molecule has 1 saturated heterocycles. The average molecular weight is 530 g/mol. The maximum absolute atomic E-state index is 13.2. The van der Waals surface area contributed by atoms with Crippen LogP contribution in [0, 0.1) is 11.7 Å². The zero-order valence-corrected chi connectivity index (χ0v) is 20.5. The molecule has 1 saturated carbocycles. The van der Waals surface area contributed by atoms with Gasteiger partial charge < -0.3 is 15.5 Å². The summed E-state index contributed by atoms with van der Waals surface area (Å²) in [6, 6.07) is 12.4. The largest absolute Gasteiger partial charge is 0.351 e. The summed E-state index contributed by atoms with van der Waals surface area (Å²) in [4.78, 5) is 40.5. The third-order valence-electron chi connectivity index (χ3n) is 6.67. The fourth-order valence-electron chi connectivity index (χ4n) is 4.81. The minimum Gasteiger partial charge on any atom is -0.351 e. The van der Waals surface area contributed by atoms with E-state index < -0.39 is 0 Å². The SMILES string of the molecule is O=C(N[C@@H]1CCCCC1NC(=O)C1CCCN(C(=O)c2cccc(Br)c2)C1)c1ccc(F)cc1. The summed E-state index contributed by atoms with van der Waals surface area (Å²) in [5.74, 6) is -1.07. The lowest BCUT2D eigenvalue weighted by Crippen LogP contribution is -2.55. The van der Waals surface area contributed by atoms with Gasteiger partial charge >= 0.3 is 0 Å². The average Bonchev–Trinajstić information content (AvgIpc) is 2.85. The van der Waals surface area contributed by atoms with Gasteiger partial charge in [0.2, 0.25) is 5.91 Å². The molecule has 3 amide bonds. The van der Waals surface area contributed by atoms with E-state index in [0.717, 1.165) is 43.0 Å². The van der Waals surface area contributed by atoms with Gasteiger partial charge in [-0.3, -0.25) is 14.4 Å². The Morgan fingerprint density at radius 3 is 2.29 bits per heavy atom. The zero-order valence-electron chi connectivity index (χ0n) is 18.9. The fraction of sp³-hybridized carbons (Fsp3) is 0.423. The number of nitrogens with zero attached hydrogens (tertiary/aromatic N) is 1. The number of hydrogen-bond acceptors (Lipinski definition) is 3. The van der Waals surface area contributed by atoms with E-state index in [-0.39, 0.29) is 41.5 Å². The Morgan fingerprint density at radius 2 is 1.59 bits per heavy atom. The first-order chi connectivity index (χ1) is 16.4. The van der Waals surface area contributed by atoms with E-state index in [2.05, 4.69) is 26.6 Å². The number of rotatable bonds is 5. The Kier molecular flexibility index (Phi) is 7.98. The number of carbonyl (C=O) groups is 3. The maximum Gasteiger partial charge on any atom is 0.253 e. The predicted octanol–water partition coefficient (Wildman–Crippen LogP) is 4.30.